The Labute approximate surface area is 117 Å². The first-order valence-corrected chi connectivity index (χ1v) is 8.05. The molecule has 0 radical (unpaired) electrons. The van der Waals surface area contributed by atoms with E-state index in [2.05, 4.69) is 28.7 Å². The maximum Gasteiger partial charge on any atom is 0.0948 e. The molecule has 1 aliphatic rings. The average molecular weight is 263 g/mol. The largest absolute Gasteiger partial charge is 0.333 e. The molecule has 0 aromatic carbocycles. The van der Waals surface area contributed by atoms with Gasteiger partial charge in [0.15, 0.2) is 0 Å². The van der Waals surface area contributed by atoms with E-state index in [4.69, 9.17) is 0 Å². The lowest BCUT2D eigenvalue weighted by atomic mass is 9.83. The predicted octanol–water partition coefficient (Wildman–Crippen LogP) is 3.74. The molecule has 0 unspecified atom stereocenters. The molecular weight excluding hydrogens is 234 g/mol. The molecule has 3 nitrogen and oxygen atoms in total. The van der Waals surface area contributed by atoms with Crippen LogP contribution in [0.3, 0.4) is 0 Å². The van der Waals surface area contributed by atoms with Gasteiger partial charge in [-0.2, -0.15) is 0 Å². The van der Waals surface area contributed by atoms with Gasteiger partial charge in [-0.1, -0.05) is 26.7 Å². The predicted molar refractivity (Wildman–Crippen MR) is 80.0 cm³/mol. The summed E-state index contributed by atoms with van der Waals surface area (Å²) in [6.45, 7) is 6.58. The Morgan fingerprint density at radius 1 is 1.21 bits per heavy atom. The van der Waals surface area contributed by atoms with Crippen LogP contribution in [0.25, 0.3) is 0 Å². The van der Waals surface area contributed by atoms with Crippen LogP contribution in [0.5, 0.6) is 0 Å². The van der Waals surface area contributed by atoms with Crippen LogP contribution < -0.4 is 5.32 Å². The van der Waals surface area contributed by atoms with E-state index in [-0.39, 0.29) is 0 Å². The highest BCUT2D eigenvalue weighted by Gasteiger charge is 2.20. The van der Waals surface area contributed by atoms with Gasteiger partial charge in [-0.05, 0) is 38.0 Å². The third kappa shape index (κ3) is 4.34. The molecule has 1 heterocycles. The minimum Gasteiger partial charge on any atom is -0.333 e. The van der Waals surface area contributed by atoms with Gasteiger partial charge in [0.2, 0.25) is 0 Å². The molecule has 0 aliphatic heterocycles. The summed E-state index contributed by atoms with van der Waals surface area (Å²) >= 11 is 0. The van der Waals surface area contributed by atoms with Crippen LogP contribution in [-0.4, -0.2) is 15.6 Å². The monoisotopic (exact) mass is 263 g/mol. The van der Waals surface area contributed by atoms with Gasteiger partial charge in [-0.3, -0.25) is 0 Å². The number of aromatic nitrogens is 2. The quantitative estimate of drug-likeness (QED) is 0.812. The van der Waals surface area contributed by atoms with Gasteiger partial charge in [0, 0.05) is 25.3 Å². The van der Waals surface area contributed by atoms with Gasteiger partial charge in [-0.15, -0.1) is 0 Å². The molecule has 1 aliphatic carbocycles. The van der Waals surface area contributed by atoms with E-state index in [0.29, 0.717) is 0 Å². The lowest BCUT2D eigenvalue weighted by Crippen LogP contribution is -2.33. The molecule has 1 aromatic rings. The second-order valence-corrected chi connectivity index (χ2v) is 5.97. The summed E-state index contributed by atoms with van der Waals surface area (Å²) in [6.07, 6.45) is 13.4. The number of aryl methyl sites for hydroxylation is 1. The lowest BCUT2D eigenvalue weighted by molar-refractivity contribution is 0.276. The molecule has 108 valence electrons. The highest BCUT2D eigenvalue weighted by molar-refractivity contribution is 4.98. The van der Waals surface area contributed by atoms with Crippen molar-refractivity contribution in [3.05, 3.63) is 18.2 Å². The van der Waals surface area contributed by atoms with E-state index in [1.807, 2.05) is 12.5 Å². The molecular formula is C16H29N3. The maximum absolute atomic E-state index is 4.26. The zero-order valence-electron chi connectivity index (χ0n) is 12.6. The Morgan fingerprint density at radius 3 is 2.68 bits per heavy atom. The molecule has 0 bridgehead atoms. The van der Waals surface area contributed by atoms with Gasteiger partial charge in [-0.25, -0.2) is 4.98 Å². The number of rotatable bonds is 7. The number of imidazole rings is 1. The smallest absolute Gasteiger partial charge is 0.0948 e. The van der Waals surface area contributed by atoms with E-state index in [0.717, 1.165) is 25.0 Å². The molecule has 0 spiro atoms. The molecule has 0 atom stereocenters. The van der Waals surface area contributed by atoms with E-state index in [9.17, 15) is 0 Å². The molecule has 0 amide bonds. The Bertz CT molecular complexity index is 351. The van der Waals surface area contributed by atoms with E-state index >= 15 is 0 Å². The van der Waals surface area contributed by atoms with Gasteiger partial charge in [0.25, 0.3) is 0 Å². The average Bonchev–Trinajstić information content (AvgIpc) is 2.86. The van der Waals surface area contributed by atoms with Gasteiger partial charge < -0.3 is 9.88 Å². The third-order valence-electron chi connectivity index (χ3n) is 4.38. The fourth-order valence-corrected chi connectivity index (χ4v) is 3.25. The van der Waals surface area contributed by atoms with Crippen molar-refractivity contribution in [1.29, 1.82) is 0 Å². The zero-order chi connectivity index (χ0) is 13.5. The van der Waals surface area contributed by atoms with Gasteiger partial charge in [0.05, 0.1) is 12.0 Å². The number of nitrogens with one attached hydrogen (secondary N) is 1. The van der Waals surface area contributed by atoms with Crippen molar-refractivity contribution in [3.8, 4) is 0 Å². The molecule has 1 aromatic heterocycles. The number of hydrogen-bond donors (Lipinski definition) is 1. The molecule has 3 heteroatoms. The summed E-state index contributed by atoms with van der Waals surface area (Å²) < 4.78 is 2.27. The summed E-state index contributed by atoms with van der Waals surface area (Å²) in [6, 6.07) is 0.720. The van der Waals surface area contributed by atoms with Crippen LogP contribution in [0.4, 0.5) is 0 Å². The SMILES string of the molecule is CCCC1CCC(NCc2cncn2CCC)CC1. The fourth-order valence-electron chi connectivity index (χ4n) is 3.25. The van der Waals surface area contributed by atoms with Crippen molar-refractivity contribution in [2.75, 3.05) is 0 Å². The summed E-state index contributed by atoms with van der Waals surface area (Å²) in [5.74, 6) is 0.994. The van der Waals surface area contributed by atoms with Crippen LogP contribution in [-0.2, 0) is 13.1 Å². The summed E-state index contributed by atoms with van der Waals surface area (Å²) in [7, 11) is 0. The lowest BCUT2D eigenvalue weighted by Gasteiger charge is -2.29. The van der Waals surface area contributed by atoms with E-state index in [1.54, 1.807) is 0 Å². The number of nitrogens with zero attached hydrogens (tertiary/aromatic N) is 2. The second-order valence-electron chi connectivity index (χ2n) is 5.97. The van der Waals surface area contributed by atoms with E-state index in [1.165, 1.54) is 50.6 Å². The van der Waals surface area contributed by atoms with Crippen molar-refractivity contribution >= 4 is 0 Å². The highest BCUT2D eigenvalue weighted by atomic mass is 15.1. The van der Waals surface area contributed by atoms with Crippen LogP contribution in [0, 0.1) is 5.92 Å². The van der Waals surface area contributed by atoms with Gasteiger partial charge in [0.1, 0.15) is 0 Å². The summed E-state index contributed by atoms with van der Waals surface area (Å²) in [5.41, 5.74) is 1.33. The topological polar surface area (TPSA) is 29.9 Å². The Hall–Kier alpha value is -0.830. The standard InChI is InChI=1S/C16H29N3/c1-3-5-14-6-8-15(9-7-14)18-12-16-11-17-13-19(16)10-4-2/h11,13-15,18H,3-10,12H2,1-2H3. The van der Waals surface area contributed by atoms with Crippen LogP contribution in [0.15, 0.2) is 12.5 Å². The number of hydrogen-bond acceptors (Lipinski definition) is 2. The third-order valence-corrected chi connectivity index (χ3v) is 4.38. The van der Waals surface area contributed by atoms with Gasteiger partial charge >= 0.3 is 0 Å². The molecule has 2 rings (SSSR count). The van der Waals surface area contributed by atoms with Crippen LogP contribution in [0.1, 0.15) is 64.5 Å². The molecule has 1 saturated carbocycles. The minimum absolute atomic E-state index is 0.720. The van der Waals surface area contributed by atoms with Crippen LogP contribution in [0.2, 0.25) is 0 Å². The molecule has 1 N–H and O–H groups in total. The Balaban J connectivity index is 1.72. The molecule has 19 heavy (non-hydrogen) atoms. The highest BCUT2D eigenvalue weighted by Crippen LogP contribution is 2.27. The summed E-state index contributed by atoms with van der Waals surface area (Å²) in [4.78, 5) is 4.26. The summed E-state index contributed by atoms with van der Waals surface area (Å²) in [5, 5.41) is 3.72. The van der Waals surface area contributed by atoms with Crippen molar-refractivity contribution in [2.45, 2.75) is 77.9 Å². The minimum atomic E-state index is 0.720. The zero-order valence-corrected chi connectivity index (χ0v) is 12.6. The first-order valence-electron chi connectivity index (χ1n) is 8.05. The van der Waals surface area contributed by atoms with Crippen molar-refractivity contribution < 1.29 is 0 Å². The maximum atomic E-state index is 4.26. The normalized spacial score (nSPS) is 23.7. The molecule has 0 saturated heterocycles. The first kappa shape index (κ1) is 14.6. The van der Waals surface area contributed by atoms with E-state index < -0.39 is 0 Å². The van der Waals surface area contributed by atoms with Crippen molar-refractivity contribution in [3.63, 3.8) is 0 Å². The first-order chi connectivity index (χ1) is 9.33. The van der Waals surface area contributed by atoms with Crippen molar-refractivity contribution in [1.82, 2.24) is 14.9 Å². The Morgan fingerprint density at radius 2 is 2.00 bits per heavy atom. The molecule has 1 fully saturated rings. The van der Waals surface area contributed by atoms with Crippen LogP contribution >= 0.6 is 0 Å². The Kier molecular flexibility index (Phi) is 5.90. The second kappa shape index (κ2) is 7.68. The fraction of sp³-hybridized carbons (Fsp3) is 0.812. The van der Waals surface area contributed by atoms with Crippen molar-refractivity contribution in [2.24, 2.45) is 5.92 Å².